The third kappa shape index (κ3) is 3.44. The van der Waals surface area contributed by atoms with E-state index in [1.807, 2.05) is 6.92 Å². The molecular weight excluding hydrogens is 150 g/mol. The van der Waals surface area contributed by atoms with Gasteiger partial charge in [-0.05, 0) is 12.8 Å². The van der Waals surface area contributed by atoms with Crippen LogP contribution in [0, 0.1) is 5.92 Å². The van der Waals surface area contributed by atoms with Gasteiger partial charge in [0.25, 0.3) is 0 Å². The van der Waals surface area contributed by atoms with Gasteiger partial charge in [-0.2, -0.15) is 0 Å². The Morgan fingerprint density at radius 2 is 2.08 bits per heavy atom. The molecule has 0 fully saturated rings. The van der Waals surface area contributed by atoms with Crippen LogP contribution in [0.15, 0.2) is 23.5 Å². The van der Waals surface area contributed by atoms with Gasteiger partial charge in [0.05, 0.1) is 0 Å². The number of nitrogens with one attached hydrogen (secondary N) is 1. The molecule has 0 saturated heterocycles. The number of hydrogen-bond acceptors (Lipinski definition) is 3. The van der Waals surface area contributed by atoms with Crippen LogP contribution in [0.2, 0.25) is 0 Å². The summed E-state index contributed by atoms with van der Waals surface area (Å²) >= 11 is 0. The molecule has 3 nitrogen and oxygen atoms in total. The maximum absolute atomic E-state index is 5.35. The minimum Gasteiger partial charge on any atom is -0.403 e. The third-order valence-corrected chi connectivity index (χ3v) is 1.89. The van der Waals surface area contributed by atoms with E-state index < -0.39 is 0 Å². The molecule has 70 valence electrons. The van der Waals surface area contributed by atoms with Crippen LogP contribution in [-0.4, -0.2) is 0 Å². The Labute approximate surface area is 74.5 Å². The maximum atomic E-state index is 5.35. The number of rotatable bonds is 4. The van der Waals surface area contributed by atoms with Crippen molar-refractivity contribution in [2.24, 2.45) is 17.5 Å². The van der Waals surface area contributed by atoms with E-state index in [4.69, 9.17) is 11.6 Å². The lowest BCUT2D eigenvalue weighted by Crippen LogP contribution is -2.22. The predicted octanol–water partition coefficient (Wildman–Crippen LogP) is 1.24. The van der Waals surface area contributed by atoms with Crippen LogP contribution < -0.4 is 17.0 Å². The highest BCUT2D eigenvalue weighted by Gasteiger charge is 2.03. The van der Waals surface area contributed by atoms with Gasteiger partial charge in [0.1, 0.15) is 0 Å². The average Bonchev–Trinajstić information content (AvgIpc) is 2.06. The van der Waals surface area contributed by atoms with Crippen molar-refractivity contribution >= 4 is 0 Å². The maximum Gasteiger partial charge on any atom is 0.0454 e. The first-order valence-electron chi connectivity index (χ1n) is 4.18. The summed E-state index contributed by atoms with van der Waals surface area (Å²) in [6, 6.07) is 0. The standard InChI is InChI=1S/C9H19N3/c1-4-8(7(2)3)5-9(6-10)12-11/h4,6-7,12H,5,10-11H2,1-3H3/b8-4-,9-6-. The van der Waals surface area contributed by atoms with Gasteiger partial charge in [0.15, 0.2) is 0 Å². The number of hydrazine groups is 1. The van der Waals surface area contributed by atoms with Crippen molar-refractivity contribution in [3.05, 3.63) is 23.5 Å². The third-order valence-electron chi connectivity index (χ3n) is 1.89. The first-order valence-corrected chi connectivity index (χ1v) is 4.18. The van der Waals surface area contributed by atoms with E-state index in [2.05, 4.69) is 25.3 Å². The molecule has 0 amide bonds. The summed E-state index contributed by atoms with van der Waals surface area (Å²) in [5.74, 6) is 5.80. The summed E-state index contributed by atoms with van der Waals surface area (Å²) in [4.78, 5) is 0. The fourth-order valence-corrected chi connectivity index (χ4v) is 1.02. The molecule has 0 spiro atoms. The van der Waals surface area contributed by atoms with Crippen LogP contribution in [0.25, 0.3) is 0 Å². The molecule has 0 aliphatic rings. The number of hydrogen-bond donors (Lipinski definition) is 3. The van der Waals surface area contributed by atoms with Crippen molar-refractivity contribution < 1.29 is 0 Å². The topological polar surface area (TPSA) is 64.1 Å². The zero-order valence-corrected chi connectivity index (χ0v) is 8.09. The molecule has 0 radical (unpaired) electrons. The smallest absolute Gasteiger partial charge is 0.0454 e. The predicted molar refractivity (Wildman–Crippen MR) is 52.8 cm³/mol. The van der Waals surface area contributed by atoms with Gasteiger partial charge in [-0.1, -0.05) is 25.5 Å². The second-order valence-electron chi connectivity index (χ2n) is 3.03. The summed E-state index contributed by atoms with van der Waals surface area (Å²) in [5.41, 5.74) is 10.1. The SMILES string of the molecule is C/C=C(/C/C(=C/N)NN)C(C)C. The van der Waals surface area contributed by atoms with Crippen molar-refractivity contribution in [2.45, 2.75) is 27.2 Å². The molecular formula is C9H19N3. The lowest BCUT2D eigenvalue weighted by atomic mass is 9.99. The van der Waals surface area contributed by atoms with Crippen molar-refractivity contribution in [1.29, 1.82) is 0 Å². The molecule has 0 aliphatic carbocycles. The summed E-state index contributed by atoms with van der Waals surface area (Å²) < 4.78 is 0. The van der Waals surface area contributed by atoms with Gasteiger partial charge in [0.2, 0.25) is 0 Å². The fourth-order valence-electron chi connectivity index (χ4n) is 1.02. The van der Waals surface area contributed by atoms with Crippen molar-refractivity contribution in [1.82, 2.24) is 5.43 Å². The lowest BCUT2D eigenvalue weighted by Gasteiger charge is -2.12. The minimum absolute atomic E-state index is 0.540. The van der Waals surface area contributed by atoms with Crippen LogP contribution >= 0.6 is 0 Å². The van der Waals surface area contributed by atoms with E-state index in [-0.39, 0.29) is 0 Å². The van der Waals surface area contributed by atoms with E-state index in [1.54, 1.807) is 0 Å². The second kappa shape index (κ2) is 5.66. The molecule has 0 atom stereocenters. The average molecular weight is 169 g/mol. The molecule has 0 bridgehead atoms. The highest BCUT2D eigenvalue weighted by molar-refractivity contribution is 5.14. The summed E-state index contributed by atoms with van der Waals surface area (Å²) in [6.07, 6.45) is 4.42. The Morgan fingerprint density at radius 1 is 1.50 bits per heavy atom. The summed E-state index contributed by atoms with van der Waals surface area (Å²) in [6.45, 7) is 6.33. The van der Waals surface area contributed by atoms with Crippen LogP contribution in [0.3, 0.4) is 0 Å². The van der Waals surface area contributed by atoms with Crippen molar-refractivity contribution in [2.75, 3.05) is 0 Å². The van der Waals surface area contributed by atoms with Gasteiger partial charge in [-0.15, -0.1) is 0 Å². The Bertz CT molecular complexity index is 180. The zero-order valence-electron chi connectivity index (χ0n) is 8.09. The van der Waals surface area contributed by atoms with E-state index >= 15 is 0 Å². The Kier molecular flexibility index (Phi) is 5.21. The number of allylic oxidation sites excluding steroid dienone is 2. The van der Waals surface area contributed by atoms with Crippen molar-refractivity contribution in [3.8, 4) is 0 Å². The molecule has 0 saturated carbocycles. The highest BCUT2D eigenvalue weighted by Crippen LogP contribution is 2.16. The largest absolute Gasteiger partial charge is 0.403 e. The summed E-state index contributed by atoms with van der Waals surface area (Å²) in [5, 5.41) is 0. The van der Waals surface area contributed by atoms with E-state index in [0.29, 0.717) is 5.92 Å². The molecule has 3 heteroatoms. The highest BCUT2D eigenvalue weighted by atomic mass is 15.2. The minimum atomic E-state index is 0.540. The van der Waals surface area contributed by atoms with E-state index in [1.165, 1.54) is 11.8 Å². The first-order chi connectivity index (χ1) is 5.65. The zero-order chi connectivity index (χ0) is 9.56. The van der Waals surface area contributed by atoms with Crippen LogP contribution in [0.1, 0.15) is 27.2 Å². The monoisotopic (exact) mass is 169 g/mol. The van der Waals surface area contributed by atoms with Crippen LogP contribution in [0.5, 0.6) is 0 Å². The Balaban J connectivity index is 4.22. The first kappa shape index (κ1) is 11.0. The molecule has 0 rings (SSSR count). The quantitative estimate of drug-likeness (QED) is 0.337. The molecule has 0 unspecified atom stereocenters. The summed E-state index contributed by atoms with van der Waals surface area (Å²) in [7, 11) is 0. The molecule has 0 aliphatic heterocycles. The van der Waals surface area contributed by atoms with Crippen LogP contribution in [0.4, 0.5) is 0 Å². The Morgan fingerprint density at radius 3 is 2.33 bits per heavy atom. The van der Waals surface area contributed by atoms with Crippen molar-refractivity contribution in [3.63, 3.8) is 0 Å². The molecule has 12 heavy (non-hydrogen) atoms. The molecule has 0 heterocycles. The molecule has 0 aromatic rings. The normalized spacial score (nSPS) is 13.8. The Hall–Kier alpha value is -0.960. The van der Waals surface area contributed by atoms with Gasteiger partial charge in [-0.25, -0.2) is 0 Å². The van der Waals surface area contributed by atoms with Gasteiger partial charge >= 0.3 is 0 Å². The fraction of sp³-hybridized carbons (Fsp3) is 0.556. The number of nitrogens with two attached hydrogens (primary N) is 2. The molecule has 0 aromatic heterocycles. The lowest BCUT2D eigenvalue weighted by molar-refractivity contribution is 0.709. The van der Waals surface area contributed by atoms with Gasteiger partial charge < -0.3 is 11.2 Å². The van der Waals surface area contributed by atoms with E-state index in [9.17, 15) is 0 Å². The van der Waals surface area contributed by atoms with Gasteiger partial charge in [-0.3, -0.25) is 5.84 Å². The second-order valence-corrected chi connectivity index (χ2v) is 3.03. The molecule has 5 N–H and O–H groups in total. The van der Waals surface area contributed by atoms with Gasteiger partial charge in [0, 0.05) is 18.3 Å². The van der Waals surface area contributed by atoms with Crippen LogP contribution in [-0.2, 0) is 0 Å². The molecule has 0 aromatic carbocycles. The van der Waals surface area contributed by atoms with E-state index in [0.717, 1.165) is 12.1 Å².